The van der Waals surface area contributed by atoms with Crippen LogP contribution in [-0.4, -0.2) is 47.0 Å². The lowest BCUT2D eigenvalue weighted by atomic mass is 9.86. The SMILES string of the molecule is C[C@H]1COc2cc(C(=O)NO)ccc2CN1C(=O)[C@H]1CC[C@H](OC(F)(F)F)CC1. The minimum Gasteiger partial charge on any atom is -0.491 e. The summed E-state index contributed by atoms with van der Waals surface area (Å²) in [5.41, 5.74) is 2.50. The average Bonchev–Trinajstić information content (AvgIpc) is 2.84. The minimum atomic E-state index is -4.66. The molecule has 3 rings (SSSR count). The van der Waals surface area contributed by atoms with E-state index in [4.69, 9.17) is 9.94 Å². The van der Waals surface area contributed by atoms with Crippen molar-refractivity contribution in [3.05, 3.63) is 29.3 Å². The first kappa shape index (κ1) is 21.4. The van der Waals surface area contributed by atoms with Crippen molar-refractivity contribution < 1.29 is 37.4 Å². The maximum absolute atomic E-state index is 13.0. The predicted octanol–water partition coefficient (Wildman–Crippen LogP) is 3.01. The van der Waals surface area contributed by atoms with Crippen molar-refractivity contribution in [1.29, 1.82) is 0 Å². The van der Waals surface area contributed by atoms with Crippen LogP contribution in [0.2, 0.25) is 0 Å². The van der Waals surface area contributed by atoms with Crippen LogP contribution in [0.25, 0.3) is 0 Å². The number of benzene rings is 1. The molecule has 0 saturated heterocycles. The normalized spacial score (nSPS) is 24.9. The second-order valence-corrected chi connectivity index (χ2v) is 7.43. The Labute approximate surface area is 165 Å². The van der Waals surface area contributed by atoms with Crippen LogP contribution in [0.1, 0.15) is 48.5 Å². The fourth-order valence-corrected chi connectivity index (χ4v) is 3.81. The van der Waals surface area contributed by atoms with E-state index < -0.39 is 18.4 Å². The molecule has 2 N–H and O–H groups in total. The molecule has 0 bridgehead atoms. The van der Waals surface area contributed by atoms with E-state index in [1.165, 1.54) is 12.1 Å². The number of hydroxylamine groups is 1. The minimum absolute atomic E-state index is 0.114. The van der Waals surface area contributed by atoms with Crippen molar-refractivity contribution in [3.8, 4) is 5.75 Å². The van der Waals surface area contributed by atoms with Crippen molar-refractivity contribution in [2.45, 2.75) is 57.7 Å². The number of carbonyl (C=O) groups is 2. The molecule has 1 saturated carbocycles. The number of hydrogen-bond donors (Lipinski definition) is 2. The van der Waals surface area contributed by atoms with Crippen LogP contribution in [0.3, 0.4) is 0 Å². The van der Waals surface area contributed by atoms with Crippen molar-refractivity contribution >= 4 is 11.8 Å². The molecule has 1 aromatic carbocycles. The molecular weight excluding hydrogens is 393 g/mol. The van der Waals surface area contributed by atoms with Crippen molar-refractivity contribution in [2.24, 2.45) is 5.92 Å². The van der Waals surface area contributed by atoms with Crippen molar-refractivity contribution in [1.82, 2.24) is 10.4 Å². The van der Waals surface area contributed by atoms with Crippen LogP contribution >= 0.6 is 0 Å². The lowest BCUT2D eigenvalue weighted by molar-refractivity contribution is -0.345. The van der Waals surface area contributed by atoms with E-state index in [2.05, 4.69) is 4.74 Å². The second kappa shape index (κ2) is 8.58. The molecule has 0 unspecified atom stereocenters. The summed E-state index contributed by atoms with van der Waals surface area (Å²) in [6.45, 7) is 2.33. The molecule has 2 amide bonds. The highest BCUT2D eigenvalue weighted by Crippen LogP contribution is 2.34. The smallest absolute Gasteiger partial charge is 0.491 e. The topological polar surface area (TPSA) is 88.1 Å². The van der Waals surface area contributed by atoms with Gasteiger partial charge in [0, 0.05) is 23.6 Å². The largest absolute Gasteiger partial charge is 0.522 e. The van der Waals surface area contributed by atoms with E-state index in [1.54, 1.807) is 16.4 Å². The zero-order chi connectivity index (χ0) is 21.2. The van der Waals surface area contributed by atoms with Gasteiger partial charge in [0.25, 0.3) is 5.91 Å². The number of ether oxygens (including phenoxy) is 2. The van der Waals surface area contributed by atoms with E-state index >= 15 is 0 Å². The summed E-state index contributed by atoms with van der Waals surface area (Å²) in [6.07, 6.45) is -4.51. The van der Waals surface area contributed by atoms with Crippen LogP contribution in [0.5, 0.6) is 5.75 Å². The fraction of sp³-hybridized carbons (Fsp3) is 0.579. The van der Waals surface area contributed by atoms with Gasteiger partial charge < -0.3 is 9.64 Å². The highest BCUT2D eigenvalue weighted by molar-refractivity contribution is 5.93. The van der Waals surface area contributed by atoms with E-state index in [0.717, 1.165) is 0 Å². The summed E-state index contributed by atoms with van der Waals surface area (Å²) >= 11 is 0. The Bertz CT molecular complexity index is 763. The molecule has 0 spiro atoms. The second-order valence-electron chi connectivity index (χ2n) is 7.43. The molecule has 0 aromatic heterocycles. The standard InChI is InChI=1S/C19H23F3N2O5/c1-11-10-28-16-8-13(17(25)23-27)2-3-14(16)9-24(11)18(26)12-4-6-15(7-5-12)29-19(20,21)22/h2-3,8,11-12,15,27H,4-7,9-10H2,1H3,(H,23,25)/t11-,12-,15-/m0/s1. The predicted molar refractivity (Wildman–Crippen MR) is 94.1 cm³/mol. The number of nitrogens with zero attached hydrogens (tertiary/aromatic N) is 1. The summed E-state index contributed by atoms with van der Waals surface area (Å²) in [7, 11) is 0. The van der Waals surface area contributed by atoms with E-state index in [1.807, 2.05) is 6.92 Å². The number of hydrogen-bond acceptors (Lipinski definition) is 5. The summed E-state index contributed by atoms with van der Waals surface area (Å²) in [5, 5.41) is 8.77. The van der Waals surface area contributed by atoms with Gasteiger partial charge in [-0.25, -0.2) is 5.48 Å². The number of fused-ring (bicyclic) bond motifs is 1. The molecule has 1 aliphatic heterocycles. The van der Waals surface area contributed by atoms with E-state index in [9.17, 15) is 22.8 Å². The van der Waals surface area contributed by atoms with Crippen LogP contribution in [-0.2, 0) is 16.1 Å². The Morgan fingerprint density at radius 2 is 1.93 bits per heavy atom. The van der Waals surface area contributed by atoms with Gasteiger partial charge in [0.1, 0.15) is 12.4 Å². The third kappa shape index (κ3) is 5.18. The van der Waals surface area contributed by atoms with Crippen molar-refractivity contribution in [2.75, 3.05) is 6.61 Å². The van der Waals surface area contributed by atoms with Gasteiger partial charge >= 0.3 is 6.36 Å². The lowest BCUT2D eigenvalue weighted by Gasteiger charge is -2.34. The van der Waals surface area contributed by atoms with Gasteiger partial charge in [0.05, 0.1) is 12.1 Å². The highest BCUT2D eigenvalue weighted by atomic mass is 19.4. The summed E-state index contributed by atoms with van der Waals surface area (Å²) in [5.74, 6) is -0.682. The van der Waals surface area contributed by atoms with Crippen LogP contribution in [0.15, 0.2) is 18.2 Å². The Morgan fingerprint density at radius 1 is 1.24 bits per heavy atom. The van der Waals surface area contributed by atoms with Crippen LogP contribution < -0.4 is 10.2 Å². The fourth-order valence-electron chi connectivity index (χ4n) is 3.81. The molecule has 160 valence electrons. The zero-order valence-electron chi connectivity index (χ0n) is 15.9. The summed E-state index contributed by atoms with van der Waals surface area (Å²) in [4.78, 5) is 26.3. The van der Waals surface area contributed by atoms with Crippen LogP contribution in [0.4, 0.5) is 13.2 Å². The third-order valence-electron chi connectivity index (χ3n) is 5.39. The number of alkyl halides is 3. The molecular formula is C19H23F3N2O5. The van der Waals surface area contributed by atoms with Gasteiger partial charge in [-0.2, -0.15) is 0 Å². The van der Waals surface area contributed by atoms with E-state index in [-0.39, 0.29) is 49.4 Å². The summed E-state index contributed by atoms with van der Waals surface area (Å²) < 4.78 is 46.9. The number of halogens is 3. The Hall–Kier alpha value is -2.33. The number of carbonyl (C=O) groups excluding carboxylic acids is 2. The van der Waals surface area contributed by atoms with Gasteiger partial charge in [-0.3, -0.25) is 19.5 Å². The molecule has 1 aromatic rings. The van der Waals surface area contributed by atoms with Gasteiger partial charge in [-0.1, -0.05) is 6.07 Å². The highest BCUT2D eigenvalue weighted by Gasteiger charge is 2.38. The maximum atomic E-state index is 13.0. The Morgan fingerprint density at radius 3 is 2.55 bits per heavy atom. The number of nitrogens with one attached hydrogen (secondary N) is 1. The molecule has 1 heterocycles. The lowest BCUT2D eigenvalue weighted by Crippen LogP contribution is -2.44. The molecule has 7 nitrogen and oxygen atoms in total. The average molecular weight is 416 g/mol. The molecule has 29 heavy (non-hydrogen) atoms. The third-order valence-corrected chi connectivity index (χ3v) is 5.39. The number of rotatable bonds is 3. The maximum Gasteiger partial charge on any atom is 0.522 e. The molecule has 2 aliphatic rings. The Balaban J connectivity index is 1.67. The first-order valence-corrected chi connectivity index (χ1v) is 9.43. The van der Waals surface area contributed by atoms with Gasteiger partial charge in [0.15, 0.2) is 0 Å². The van der Waals surface area contributed by atoms with Crippen molar-refractivity contribution in [3.63, 3.8) is 0 Å². The monoisotopic (exact) mass is 416 g/mol. The van der Waals surface area contributed by atoms with Gasteiger partial charge in [-0.05, 0) is 44.7 Å². The number of amides is 2. The molecule has 0 radical (unpaired) electrons. The molecule has 1 fully saturated rings. The van der Waals surface area contributed by atoms with Crippen LogP contribution in [0, 0.1) is 5.92 Å². The Kier molecular flexibility index (Phi) is 6.33. The molecule has 10 heteroatoms. The quantitative estimate of drug-likeness (QED) is 0.584. The molecule has 1 atom stereocenters. The zero-order valence-corrected chi connectivity index (χ0v) is 15.9. The van der Waals surface area contributed by atoms with Gasteiger partial charge in [0.2, 0.25) is 5.91 Å². The first-order chi connectivity index (χ1) is 13.7. The van der Waals surface area contributed by atoms with E-state index in [0.29, 0.717) is 24.2 Å². The summed E-state index contributed by atoms with van der Waals surface area (Å²) in [6, 6.07) is 4.44. The molecule has 1 aliphatic carbocycles. The van der Waals surface area contributed by atoms with Gasteiger partial charge in [-0.15, -0.1) is 13.2 Å². The first-order valence-electron chi connectivity index (χ1n) is 9.43.